The molecule has 0 unspecified atom stereocenters. The van der Waals surface area contributed by atoms with Gasteiger partial charge in [-0.1, -0.05) is 28.8 Å². The Labute approximate surface area is 161 Å². The van der Waals surface area contributed by atoms with E-state index in [1.165, 1.54) is 0 Å². The number of benzene rings is 3. The lowest BCUT2D eigenvalue weighted by atomic mass is 10.1. The van der Waals surface area contributed by atoms with Crippen LogP contribution >= 0.6 is 11.6 Å². The van der Waals surface area contributed by atoms with Gasteiger partial charge >= 0.3 is 0 Å². The molecule has 3 aromatic carbocycles. The molecule has 1 heterocycles. The highest BCUT2D eigenvalue weighted by atomic mass is 35.5. The van der Waals surface area contributed by atoms with Crippen molar-refractivity contribution in [2.75, 3.05) is 5.32 Å². The molecular weight excluding hydrogens is 360 g/mol. The average Bonchev–Trinajstić information content (AvgIpc) is 3.04. The lowest BCUT2D eigenvalue weighted by Crippen LogP contribution is -2.12. The maximum Gasteiger partial charge on any atom is 0.255 e. The van der Waals surface area contributed by atoms with E-state index < -0.39 is 0 Å². The largest absolute Gasteiger partial charge is 0.436 e. The molecule has 5 heteroatoms. The third kappa shape index (κ3) is 3.71. The second-order valence-corrected chi connectivity index (χ2v) is 6.98. The molecule has 0 aliphatic heterocycles. The van der Waals surface area contributed by atoms with E-state index in [4.69, 9.17) is 16.0 Å². The van der Waals surface area contributed by atoms with Crippen molar-refractivity contribution < 1.29 is 9.21 Å². The molecule has 0 fully saturated rings. The van der Waals surface area contributed by atoms with E-state index in [-0.39, 0.29) is 5.91 Å². The fourth-order valence-corrected chi connectivity index (χ4v) is 3.16. The lowest BCUT2D eigenvalue weighted by Gasteiger charge is -2.07. The molecule has 134 valence electrons. The number of anilines is 1. The van der Waals surface area contributed by atoms with Gasteiger partial charge in [0.2, 0.25) is 5.89 Å². The Hall–Kier alpha value is -3.11. The van der Waals surface area contributed by atoms with Crippen molar-refractivity contribution in [3.8, 4) is 11.5 Å². The summed E-state index contributed by atoms with van der Waals surface area (Å²) >= 11 is 5.93. The number of carbonyl (C=O) groups excluding carboxylic acids is 1. The van der Waals surface area contributed by atoms with Crippen molar-refractivity contribution in [2.24, 2.45) is 0 Å². The van der Waals surface area contributed by atoms with Crippen LogP contribution in [0.15, 0.2) is 65.1 Å². The molecule has 0 aliphatic rings. The molecule has 1 N–H and O–H groups in total. The predicted octanol–water partition coefficient (Wildman–Crippen LogP) is 6.02. The fourth-order valence-electron chi connectivity index (χ4n) is 3.03. The van der Waals surface area contributed by atoms with Crippen LogP contribution in [0.3, 0.4) is 0 Å². The minimum atomic E-state index is -0.150. The highest BCUT2D eigenvalue weighted by Crippen LogP contribution is 2.27. The van der Waals surface area contributed by atoms with Crippen LogP contribution in [0, 0.1) is 13.8 Å². The quantitative estimate of drug-likeness (QED) is 0.475. The number of halogens is 1. The molecule has 1 aromatic heterocycles. The molecule has 4 aromatic rings. The topological polar surface area (TPSA) is 55.1 Å². The summed E-state index contributed by atoms with van der Waals surface area (Å²) in [5, 5.41) is 3.58. The van der Waals surface area contributed by atoms with Crippen molar-refractivity contribution >= 4 is 34.3 Å². The van der Waals surface area contributed by atoms with Crippen molar-refractivity contribution in [1.82, 2.24) is 4.98 Å². The minimum absolute atomic E-state index is 0.150. The number of carbonyl (C=O) groups is 1. The van der Waals surface area contributed by atoms with E-state index in [9.17, 15) is 4.79 Å². The smallest absolute Gasteiger partial charge is 0.255 e. The zero-order chi connectivity index (χ0) is 19.0. The molecule has 0 bridgehead atoms. The molecule has 0 saturated heterocycles. The molecule has 4 nitrogen and oxygen atoms in total. The number of nitrogens with one attached hydrogen (secondary N) is 1. The van der Waals surface area contributed by atoms with E-state index in [2.05, 4.69) is 10.3 Å². The standard InChI is InChI=1S/C22H17ClN2O2/c1-13-9-14(2)11-16(10-13)21(26)24-18-7-8-20-19(12-18)25-22(27-20)15-3-5-17(23)6-4-15/h3-12H,1-2H3,(H,24,26). The SMILES string of the molecule is Cc1cc(C)cc(C(=O)Nc2ccc3oc(-c4ccc(Cl)cc4)nc3c2)c1. The number of rotatable bonds is 3. The Morgan fingerprint density at radius 1 is 0.963 bits per heavy atom. The summed E-state index contributed by atoms with van der Waals surface area (Å²) in [5.74, 6) is 0.363. The van der Waals surface area contributed by atoms with Crippen molar-refractivity contribution in [3.05, 3.63) is 82.4 Å². The summed E-state index contributed by atoms with van der Waals surface area (Å²) in [4.78, 5) is 17.1. The molecule has 27 heavy (non-hydrogen) atoms. The first kappa shape index (κ1) is 17.3. The summed E-state index contributed by atoms with van der Waals surface area (Å²) in [7, 11) is 0. The molecule has 4 rings (SSSR count). The highest BCUT2D eigenvalue weighted by Gasteiger charge is 2.11. The molecule has 0 spiro atoms. The van der Waals surface area contributed by atoms with E-state index in [0.717, 1.165) is 16.7 Å². The predicted molar refractivity (Wildman–Crippen MR) is 108 cm³/mol. The zero-order valence-electron chi connectivity index (χ0n) is 14.9. The molecule has 1 amide bonds. The van der Waals surface area contributed by atoms with Gasteiger partial charge in [-0.3, -0.25) is 4.79 Å². The van der Waals surface area contributed by atoms with E-state index in [1.807, 2.05) is 44.2 Å². The number of aromatic nitrogens is 1. The fraction of sp³-hybridized carbons (Fsp3) is 0.0909. The van der Waals surface area contributed by atoms with Gasteiger partial charge in [-0.15, -0.1) is 0 Å². The van der Waals surface area contributed by atoms with Crippen molar-refractivity contribution in [3.63, 3.8) is 0 Å². The van der Waals surface area contributed by atoms with Gasteiger partial charge in [-0.05, 0) is 68.4 Å². The van der Waals surface area contributed by atoms with E-state index in [1.54, 1.807) is 30.3 Å². The van der Waals surface area contributed by atoms with Gasteiger partial charge in [0, 0.05) is 21.8 Å². The van der Waals surface area contributed by atoms with Crippen molar-refractivity contribution in [1.29, 1.82) is 0 Å². The number of hydrogen-bond acceptors (Lipinski definition) is 3. The van der Waals surface area contributed by atoms with Crippen LogP contribution in [-0.2, 0) is 0 Å². The van der Waals surface area contributed by atoms with Gasteiger partial charge in [0.25, 0.3) is 5.91 Å². The molecular formula is C22H17ClN2O2. The highest BCUT2D eigenvalue weighted by molar-refractivity contribution is 6.30. The number of hydrogen-bond donors (Lipinski definition) is 1. The van der Waals surface area contributed by atoms with Gasteiger partial charge in [-0.25, -0.2) is 4.98 Å². The van der Waals surface area contributed by atoms with Gasteiger partial charge in [0.15, 0.2) is 5.58 Å². The Kier molecular flexibility index (Phi) is 4.42. The second-order valence-electron chi connectivity index (χ2n) is 6.54. The van der Waals surface area contributed by atoms with Gasteiger partial charge in [0.1, 0.15) is 5.52 Å². The molecule has 0 radical (unpaired) electrons. The third-order valence-electron chi connectivity index (χ3n) is 4.22. The maximum atomic E-state index is 12.5. The number of nitrogens with zero attached hydrogens (tertiary/aromatic N) is 1. The summed E-state index contributed by atoms with van der Waals surface area (Å²) < 4.78 is 5.80. The summed E-state index contributed by atoms with van der Waals surface area (Å²) in [6, 6.07) is 18.5. The van der Waals surface area contributed by atoms with Crippen LogP contribution in [0.2, 0.25) is 5.02 Å². The summed E-state index contributed by atoms with van der Waals surface area (Å²) in [5.41, 5.74) is 5.59. The first-order chi connectivity index (χ1) is 13.0. The normalized spacial score (nSPS) is 10.9. The number of oxazole rings is 1. The third-order valence-corrected chi connectivity index (χ3v) is 4.47. The Morgan fingerprint density at radius 3 is 2.37 bits per heavy atom. The van der Waals surface area contributed by atoms with Crippen LogP contribution < -0.4 is 5.32 Å². The summed E-state index contributed by atoms with van der Waals surface area (Å²) in [6.07, 6.45) is 0. The summed E-state index contributed by atoms with van der Waals surface area (Å²) in [6.45, 7) is 3.95. The lowest BCUT2D eigenvalue weighted by molar-refractivity contribution is 0.102. The van der Waals surface area contributed by atoms with Gasteiger partial charge in [0.05, 0.1) is 0 Å². The Morgan fingerprint density at radius 2 is 1.67 bits per heavy atom. The zero-order valence-corrected chi connectivity index (χ0v) is 15.7. The Balaban J connectivity index is 1.61. The molecule has 0 saturated carbocycles. The van der Waals surface area contributed by atoms with Crippen LogP contribution in [-0.4, -0.2) is 10.9 Å². The molecule has 0 aliphatic carbocycles. The number of fused-ring (bicyclic) bond motifs is 1. The van der Waals surface area contributed by atoms with Crippen LogP contribution in [0.1, 0.15) is 21.5 Å². The monoisotopic (exact) mass is 376 g/mol. The molecule has 0 atom stereocenters. The van der Waals surface area contributed by atoms with Crippen LogP contribution in [0.4, 0.5) is 5.69 Å². The van der Waals surface area contributed by atoms with Crippen LogP contribution in [0.25, 0.3) is 22.6 Å². The first-order valence-electron chi connectivity index (χ1n) is 8.54. The average molecular weight is 377 g/mol. The number of aryl methyl sites for hydroxylation is 2. The van der Waals surface area contributed by atoms with Crippen LogP contribution in [0.5, 0.6) is 0 Å². The number of amides is 1. The minimum Gasteiger partial charge on any atom is -0.436 e. The maximum absolute atomic E-state index is 12.5. The van der Waals surface area contributed by atoms with E-state index >= 15 is 0 Å². The second kappa shape index (κ2) is 6.89. The van der Waals surface area contributed by atoms with Gasteiger partial charge in [-0.2, -0.15) is 0 Å². The van der Waals surface area contributed by atoms with Gasteiger partial charge < -0.3 is 9.73 Å². The van der Waals surface area contributed by atoms with E-state index in [0.29, 0.717) is 33.3 Å². The van der Waals surface area contributed by atoms with Crippen molar-refractivity contribution in [2.45, 2.75) is 13.8 Å². The Bertz CT molecular complexity index is 1130. The first-order valence-corrected chi connectivity index (χ1v) is 8.92.